The molecule has 33 heavy (non-hydrogen) atoms. The van der Waals surface area contributed by atoms with Crippen molar-refractivity contribution in [3.8, 4) is 5.75 Å². The van der Waals surface area contributed by atoms with E-state index in [1.54, 1.807) is 4.90 Å². The zero-order valence-corrected chi connectivity index (χ0v) is 21.0. The first kappa shape index (κ1) is 28.8. The summed E-state index contributed by atoms with van der Waals surface area (Å²) < 4.78 is 16.7. The van der Waals surface area contributed by atoms with Crippen LogP contribution in [-0.2, 0) is 20.7 Å². The summed E-state index contributed by atoms with van der Waals surface area (Å²) in [6.07, 6.45) is 4.61. The number of carboxylic acid groups (broad SMARTS) is 1. The van der Waals surface area contributed by atoms with Crippen LogP contribution in [0.3, 0.4) is 0 Å². The monoisotopic (exact) mass is 465 g/mol. The maximum atomic E-state index is 12.5. The Morgan fingerprint density at radius 2 is 1.64 bits per heavy atom. The third kappa shape index (κ3) is 13.1. The van der Waals surface area contributed by atoms with Gasteiger partial charge in [0.05, 0.1) is 19.3 Å². The van der Waals surface area contributed by atoms with E-state index in [9.17, 15) is 14.7 Å². The number of carboxylic acids is 1. The molecule has 0 radical (unpaired) electrons. The van der Waals surface area contributed by atoms with Gasteiger partial charge in [0.1, 0.15) is 12.4 Å². The highest BCUT2D eigenvalue weighted by atomic mass is 16.6. The second-order valence-electron chi connectivity index (χ2n) is 9.08. The smallest absolute Gasteiger partial charge is 0.409 e. The summed E-state index contributed by atoms with van der Waals surface area (Å²) in [5.41, 5.74) is 0.862. The topological polar surface area (TPSA) is 85.3 Å². The molecule has 0 bridgehead atoms. The second kappa shape index (κ2) is 16.4. The van der Waals surface area contributed by atoms with Gasteiger partial charge < -0.3 is 24.2 Å². The Labute approximate surface area is 199 Å². The fourth-order valence-corrected chi connectivity index (χ4v) is 3.26. The molecule has 1 aromatic rings. The highest BCUT2D eigenvalue weighted by Gasteiger charge is 2.20. The summed E-state index contributed by atoms with van der Waals surface area (Å²) in [6.45, 7) is 11.7. The first-order valence-corrected chi connectivity index (χ1v) is 12.2. The lowest BCUT2D eigenvalue weighted by atomic mass is 10.1. The fourth-order valence-electron chi connectivity index (χ4n) is 3.26. The molecule has 0 aliphatic carbocycles. The quantitative estimate of drug-likeness (QED) is 0.304. The number of benzene rings is 1. The average molecular weight is 466 g/mol. The van der Waals surface area contributed by atoms with E-state index < -0.39 is 12.1 Å². The molecule has 7 heteroatoms. The van der Waals surface area contributed by atoms with Gasteiger partial charge in [0.25, 0.3) is 0 Å². The van der Waals surface area contributed by atoms with Crippen molar-refractivity contribution in [2.45, 2.75) is 85.4 Å². The Hall–Kier alpha value is -2.28. The molecule has 0 aliphatic heterocycles. The Morgan fingerprint density at radius 3 is 2.21 bits per heavy atom. The molecule has 1 amide bonds. The van der Waals surface area contributed by atoms with Gasteiger partial charge in [-0.05, 0) is 43.9 Å². The summed E-state index contributed by atoms with van der Waals surface area (Å²) in [5.74, 6) is -0.00112. The molecule has 0 spiro atoms. The van der Waals surface area contributed by atoms with Gasteiger partial charge in [-0.15, -0.1) is 0 Å². The van der Waals surface area contributed by atoms with Crippen molar-refractivity contribution in [2.75, 3.05) is 26.3 Å². The van der Waals surface area contributed by atoms with Crippen LogP contribution in [0.15, 0.2) is 24.3 Å². The van der Waals surface area contributed by atoms with Gasteiger partial charge in [-0.25, -0.2) is 9.59 Å². The van der Waals surface area contributed by atoms with Crippen LogP contribution in [-0.4, -0.2) is 60.6 Å². The number of nitrogens with zero attached hydrogens (tertiary/aromatic N) is 1. The number of ether oxygens (including phenoxy) is 3. The number of amides is 1. The Morgan fingerprint density at radius 1 is 0.970 bits per heavy atom. The van der Waals surface area contributed by atoms with Crippen LogP contribution < -0.4 is 4.74 Å². The molecule has 1 aromatic carbocycles. The third-order valence-corrected chi connectivity index (χ3v) is 5.02. The van der Waals surface area contributed by atoms with Gasteiger partial charge in [0, 0.05) is 13.0 Å². The lowest BCUT2D eigenvalue weighted by molar-refractivity contribution is -0.153. The number of carbonyl (C=O) groups excluding carboxylic acids is 1. The molecule has 0 saturated heterocycles. The van der Waals surface area contributed by atoms with Gasteiger partial charge in [0.15, 0.2) is 6.10 Å². The molecule has 7 nitrogen and oxygen atoms in total. The van der Waals surface area contributed by atoms with Crippen LogP contribution in [0, 0.1) is 5.92 Å². The van der Waals surface area contributed by atoms with Crippen LogP contribution in [0.5, 0.6) is 5.75 Å². The zero-order valence-electron chi connectivity index (χ0n) is 21.0. The fraction of sp³-hybridized carbons (Fsp3) is 0.692. The highest BCUT2D eigenvalue weighted by molar-refractivity contribution is 5.72. The van der Waals surface area contributed by atoms with Gasteiger partial charge >= 0.3 is 12.1 Å². The summed E-state index contributed by atoms with van der Waals surface area (Å²) in [5, 5.41) is 9.33. The predicted octanol–water partition coefficient (Wildman–Crippen LogP) is 5.55. The lowest BCUT2D eigenvalue weighted by Crippen LogP contribution is -2.36. The lowest BCUT2D eigenvalue weighted by Gasteiger charge is -2.23. The van der Waals surface area contributed by atoms with E-state index >= 15 is 0 Å². The number of aliphatic carboxylic acids is 1. The predicted molar refractivity (Wildman–Crippen MR) is 130 cm³/mol. The summed E-state index contributed by atoms with van der Waals surface area (Å²) >= 11 is 0. The first-order valence-electron chi connectivity index (χ1n) is 12.2. The van der Waals surface area contributed by atoms with Gasteiger partial charge in [-0.1, -0.05) is 58.6 Å². The second-order valence-corrected chi connectivity index (χ2v) is 9.08. The number of unbranched alkanes of at least 4 members (excludes halogenated alkanes) is 4. The number of carbonyl (C=O) groups is 2. The van der Waals surface area contributed by atoms with Gasteiger partial charge in [-0.3, -0.25) is 0 Å². The zero-order chi connectivity index (χ0) is 24.6. The van der Waals surface area contributed by atoms with Crippen molar-refractivity contribution >= 4 is 12.1 Å². The molecule has 0 fully saturated rings. The Bertz CT molecular complexity index is 674. The van der Waals surface area contributed by atoms with Crippen molar-refractivity contribution in [3.63, 3.8) is 0 Å². The molecule has 1 rings (SSSR count). The van der Waals surface area contributed by atoms with Crippen molar-refractivity contribution in [1.82, 2.24) is 4.90 Å². The van der Waals surface area contributed by atoms with E-state index in [1.165, 1.54) is 19.3 Å². The molecule has 0 heterocycles. The normalized spacial score (nSPS) is 12.1. The summed E-state index contributed by atoms with van der Waals surface area (Å²) in [6, 6.07) is 7.32. The van der Waals surface area contributed by atoms with Crippen molar-refractivity contribution in [3.05, 3.63) is 29.8 Å². The largest absolute Gasteiger partial charge is 0.492 e. The first-order chi connectivity index (χ1) is 15.7. The Balaban J connectivity index is 2.56. The van der Waals surface area contributed by atoms with E-state index in [-0.39, 0.29) is 12.2 Å². The minimum Gasteiger partial charge on any atom is -0.492 e. The van der Waals surface area contributed by atoms with Crippen LogP contribution in [0.1, 0.15) is 72.3 Å². The van der Waals surface area contributed by atoms with E-state index in [0.29, 0.717) is 44.4 Å². The average Bonchev–Trinajstić information content (AvgIpc) is 2.76. The van der Waals surface area contributed by atoms with E-state index in [0.717, 1.165) is 18.4 Å². The van der Waals surface area contributed by atoms with Crippen LogP contribution >= 0.6 is 0 Å². The minimum absolute atomic E-state index is 0.157. The molecule has 0 saturated carbocycles. The summed E-state index contributed by atoms with van der Waals surface area (Å²) in [7, 11) is 0. The van der Waals surface area contributed by atoms with Crippen LogP contribution in [0.4, 0.5) is 4.79 Å². The number of hydrogen-bond acceptors (Lipinski definition) is 5. The van der Waals surface area contributed by atoms with Crippen molar-refractivity contribution in [1.29, 1.82) is 0 Å². The van der Waals surface area contributed by atoms with E-state index in [4.69, 9.17) is 14.2 Å². The molecule has 1 unspecified atom stereocenters. The maximum Gasteiger partial charge on any atom is 0.409 e. The molecule has 1 N–H and O–H groups in total. The molecular formula is C26H43NO6. The molecule has 188 valence electrons. The number of rotatable bonds is 17. The molecular weight excluding hydrogens is 422 g/mol. The van der Waals surface area contributed by atoms with E-state index in [2.05, 4.69) is 6.92 Å². The van der Waals surface area contributed by atoms with Crippen LogP contribution in [0.2, 0.25) is 0 Å². The summed E-state index contributed by atoms with van der Waals surface area (Å²) in [4.78, 5) is 25.6. The maximum absolute atomic E-state index is 12.5. The van der Waals surface area contributed by atoms with Crippen molar-refractivity contribution < 1.29 is 28.9 Å². The van der Waals surface area contributed by atoms with Gasteiger partial charge in [-0.2, -0.15) is 0 Å². The standard InChI is InChI=1S/C26H43NO6/c1-6-7-8-9-10-15-27(26(30)32-19-20(2)3)16-17-31-23-13-11-22(12-14-23)18-24(25(28)29)33-21(4)5/h11-14,20-21,24H,6-10,15-19H2,1-5H3,(H,28,29). The Kier molecular flexibility index (Phi) is 14.2. The van der Waals surface area contributed by atoms with Crippen LogP contribution in [0.25, 0.3) is 0 Å². The molecule has 0 aliphatic rings. The van der Waals surface area contributed by atoms with E-state index in [1.807, 2.05) is 52.0 Å². The van der Waals surface area contributed by atoms with Crippen molar-refractivity contribution in [2.24, 2.45) is 5.92 Å². The number of hydrogen-bond donors (Lipinski definition) is 1. The highest BCUT2D eigenvalue weighted by Crippen LogP contribution is 2.15. The molecule has 1 atom stereocenters. The molecule has 0 aromatic heterocycles. The third-order valence-electron chi connectivity index (χ3n) is 5.02. The SMILES string of the molecule is CCCCCCCN(CCOc1ccc(CC(OC(C)C)C(=O)O)cc1)C(=O)OCC(C)C. The van der Waals surface area contributed by atoms with Gasteiger partial charge in [0.2, 0.25) is 0 Å². The minimum atomic E-state index is -0.969.